The van der Waals surface area contributed by atoms with Gasteiger partial charge in [0.1, 0.15) is 12.1 Å². The summed E-state index contributed by atoms with van der Waals surface area (Å²) in [7, 11) is 0. The lowest BCUT2D eigenvalue weighted by Crippen LogP contribution is -2.51. The van der Waals surface area contributed by atoms with Gasteiger partial charge in [0.25, 0.3) is 0 Å². The maximum atomic E-state index is 10.2. The smallest absolute Gasteiger partial charge is 0.133 e. The number of hydrogen-bond acceptors (Lipinski definition) is 4. The number of nitrogens with one attached hydrogen (secondary N) is 1. The van der Waals surface area contributed by atoms with Gasteiger partial charge in [0, 0.05) is 11.3 Å². The minimum atomic E-state index is -0.820. The third kappa shape index (κ3) is 2.48. The first-order valence-electron chi connectivity index (χ1n) is 6.64. The van der Waals surface area contributed by atoms with Gasteiger partial charge in [-0.15, -0.1) is 0 Å². The molecule has 100 valence electrons. The highest BCUT2D eigenvalue weighted by atomic mass is 16.3. The third-order valence-corrected chi connectivity index (χ3v) is 4.09. The molecular formula is C14H23N3O. The van der Waals surface area contributed by atoms with Crippen molar-refractivity contribution in [3.05, 3.63) is 17.6 Å². The number of aryl methyl sites for hydroxylation is 1. The molecule has 0 radical (unpaired) electrons. The normalized spacial score (nSPS) is 16.3. The van der Waals surface area contributed by atoms with Crippen molar-refractivity contribution >= 4 is 5.82 Å². The molecule has 0 aromatic carbocycles. The van der Waals surface area contributed by atoms with Gasteiger partial charge < -0.3 is 10.4 Å². The lowest BCUT2D eigenvalue weighted by Gasteiger charge is -2.39. The van der Waals surface area contributed by atoms with Crippen LogP contribution in [0.25, 0.3) is 0 Å². The summed E-state index contributed by atoms with van der Waals surface area (Å²) < 4.78 is 0. The van der Waals surface area contributed by atoms with Gasteiger partial charge >= 0.3 is 0 Å². The van der Waals surface area contributed by atoms with Crippen LogP contribution < -0.4 is 5.32 Å². The molecule has 2 N–H and O–H groups in total. The van der Waals surface area contributed by atoms with Crippen molar-refractivity contribution in [1.82, 2.24) is 9.97 Å². The van der Waals surface area contributed by atoms with Crippen LogP contribution in [0, 0.1) is 0 Å². The van der Waals surface area contributed by atoms with Crippen molar-refractivity contribution in [3.8, 4) is 0 Å². The summed E-state index contributed by atoms with van der Waals surface area (Å²) in [5, 5.41) is 13.6. The number of rotatable bonds is 3. The average molecular weight is 249 g/mol. The van der Waals surface area contributed by atoms with Gasteiger partial charge in [-0.25, -0.2) is 9.97 Å². The molecule has 0 aliphatic heterocycles. The highest BCUT2D eigenvalue weighted by Crippen LogP contribution is 2.30. The van der Waals surface area contributed by atoms with Gasteiger partial charge in [0.05, 0.1) is 11.1 Å². The maximum Gasteiger partial charge on any atom is 0.133 e. The van der Waals surface area contributed by atoms with Crippen LogP contribution >= 0.6 is 0 Å². The van der Waals surface area contributed by atoms with Crippen LogP contribution in [0.4, 0.5) is 5.82 Å². The van der Waals surface area contributed by atoms with Crippen LogP contribution in [0.2, 0.25) is 0 Å². The van der Waals surface area contributed by atoms with Crippen LogP contribution in [0.15, 0.2) is 6.33 Å². The summed E-state index contributed by atoms with van der Waals surface area (Å²) >= 11 is 0. The Bertz CT molecular complexity index is 435. The van der Waals surface area contributed by atoms with E-state index >= 15 is 0 Å². The minimum Gasteiger partial charge on any atom is -0.388 e. The fraction of sp³-hybridized carbons (Fsp3) is 0.714. The zero-order valence-corrected chi connectivity index (χ0v) is 11.7. The van der Waals surface area contributed by atoms with Crippen molar-refractivity contribution < 1.29 is 5.11 Å². The zero-order chi connectivity index (χ0) is 13.4. The van der Waals surface area contributed by atoms with Crippen molar-refractivity contribution in [2.45, 2.75) is 64.5 Å². The molecular weight excluding hydrogens is 226 g/mol. The van der Waals surface area contributed by atoms with E-state index in [4.69, 9.17) is 0 Å². The van der Waals surface area contributed by atoms with E-state index in [0.29, 0.717) is 0 Å². The molecule has 1 aromatic heterocycles. The lowest BCUT2D eigenvalue weighted by molar-refractivity contribution is 0.0238. The molecule has 0 spiro atoms. The van der Waals surface area contributed by atoms with E-state index in [1.165, 1.54) is 18.4 Å². The third-order valence-electron chi connectivity index (χ3n) is 4.09. The van der Waals surface area contributed by atoms with E-state index < -0.39 is 11.1 Å². The number of aliphatic hydroxyl groups is 1. The molecule has 18 heavy (non-hydrogen) atoms. The second-order valence-electron chi connectivity index (χ2n) is 6.16. The highest BCUT2D eigenvalue weighted by Gasteiger charge is 2.36. The number of fused-ring (bicyclic) bond motifs is 1. The SMILES string of the molecule is CC(C)(O)C(C)(C)Nc1ncnc2c1CCCC2. The molecule has 0 atom stereocenters. The highest BCUT2D eigenvalue weighted by molar-refractivity contribution is 5.49. The summed E-state index contributed by atoms with van der Waals surface area (Å²) in [5.41, 5.74) is 1.12. The van der Waals surface area contributed by atoms with Gasteiger partial charge in [-0.3, -0.25) is 0 Å². The Kier molecular flexibility index (Phi) is 3.32. The van der Waals surface area contributed by atoms with E-state index in [9.17, 15) is 5.11 Å². The molecule has 1 aromatic rings. The molecule has 4 heteroatoms. The van der Waals surface area contributed by atoms with Crippen LogP contribution in [-0.2, 0) is 12.8 Å². The predicted octanol–water partition coefficient (Wildman–Crippen LogP) is 2.32. The first-order valence-corrected chi connectivity index (χ1v) is 6.64. The summed E-state index contributed by atoms with van der Waals surface area (Å²) in [6, 6.07) is 0. The number of nitrogens with zero attached hydrogens (tertiary/aromatic N) is 2. The quantitative estimate of drug-likeness (QED) is 0.863. The molecule has 1 aliphatic rings. The Hall–Kier alpha value is -1.16. The van der Waals surface area contributed by atoms with Crippen LogP contribution in [0.1, 0.15) is 51.8 Å². The van der Waals surface area contributed by atoms with Gasteiger partial charge in [-0.1, -0.05) is 0 Å². The molecule has 0 fully saturated rings. The van der Waals surface area contributed by atoms with E-state index in [1.54, 1.807) is 6.33 Å². The molecule has 0 bridgehead atoms. The zero-order valence-electron chi connectivity index (χ0n) is 11.7. The average Bonchev–Trinajstić information content (AvgIpc) is 2.27. The fourth-order valence-electron chi connectivity index (χ4n) is 2.08. The Morgan fingerprint density at radius 3 is 2.44 bits per heavy atom. The van der Waals surface area contributed by atoms with Crippen LogP contribution in [0.3, 0.4) is 0 Å². The molecule has 1 aliphatic carbocycles. The van der Waals surface area contributed by atoms with E-state index in [1.807, 2.05) is 27.7 Å². The Labute approximate surface area is 109 Å². The molecule has 0 saturated heterocycles. The van der Waals surface area contributed by atoms with E-state index in [-0.39, 0.29) is 0 Å². The second-order valence-corrected chi connectivity index (χ2v) is 6.16. The largest absolute Gasteiger partial charge is 0.388 e. The van der Waals surface area contributed by atoms with Crippen LogP contribution in [-0.4, -0.2) is 26.2 Å². The first-order chi connectivity index (χ1) is 8.31. The second kappa shape index (κ2) is 4.50. The standard InChI is InChI=1S/C14H23N3O/c1-13(2,14(3,4)18)17-12-10-7-5-6-8-11(10)15-9-16-12/h9,18H,5-8H2,1-4H3,(H,15,16,17). The monoisotopic (exact) mass is 249 g/mol. The van der Waals surface area contributed by atoms with Crippen molar-refractivity contribution in [2.24, 2.45) is 0 Å². The van der Waals surface area contributed by atoms with Gasteiger partial charge in [-0.05, 0) is 53.4 Å². The van der Waals surface area contributed by atoms with Crippen LogP contribution in [0.5, 0.6) is 0 Å². The molecule has 0 saturated carbocycles. The van der Waals surface area contributed by atoms with Gasteiger partial charge in [-0.2, -0.15) is 0 Å². The van der Waals surface area contributed by atoms with E-state index in [2.05, 4.69) is 15.3 Å². The molecule has 1 heterocycles. The van der Waals surface area contributed by atoms with E-state index in [0.717, 1.165) is 24.4 Å². The Morgan fingerprint density at radius 1 is 1.11 bits per heavy atom. The summed E-state index contributed by atoms with van der Waals surface area (Å²) in [4.78, 5) is 8.72. The molecule has 4 nitrogen and oxygen atoms in total. The van der Waals surface area contributed by atoms with Crippen molar-refractivity contribution in [1.29, 1.82) is 0 Å². The van der Waals surface area contributed by atoms with Gasteiger partial charge in [0.2, 0.25) is 0 Å². The molecule has 2 rings (SSSR count). The Balaban J connectivity index is 2.30. The lowest BCUT2D eigenvalue weighted by atomic mass is 9.85. The summed E-state index contributed by atoms with van der Waals surface area (Å²) in [6.07, 6.45) is 6.08. The molecule has 0 unspecified atom stereocenters. The maximum absolute atomic E-state index is 10.2. The first kappa shape index (κ1) is 13.3. The molecule has 0 amide bonds. The Morgan fingerprint density at radius 2 is 1.78 bits per heavy atom. The van der Waals surface area contributed by atoms with Crippen molar-refractivity contribution in [2.75, 3.05) is 5.32 Å². The summed E-state index contributed by atoms with van der Waals surface area (Å²) in [6.45, 7) is 7.61. The van der Waals surface area contributed by atoms with Crippen molar-refractivity contribution in [3.63, 3.8) is 0 Å². The topological polar surface area (TPSA) is 58.0 Å². The number of aromatic nitrogens is 2. The minimum absolute atomic E-state index is 0.438. The fourth-order valence-corrected chi connectivity index (χ4v) is 2.08. The number of anilines is 1. The predicted molar refractivity (Wildman–Crippen MR) is 72.7 cm³/mol. The van der Waals surface area contributed by atoms with Gasteiger partial charge in [0.15, 0.2) is 0 Å². The summed E-state index contributed by atoms with van der Waals surface area (Å²) in [5.74, 6) is 0.881. The number of hydrogen-bond donors (Lipinski definition) is 2.